The smallest absolute Gasteiger partial charge is 0.326 e. The largest absolute Gasteiger partial charge is 0.468 e. The molecule has 1 aromatic rings. The van der Waals surface area contributed by atoms with Gasteiger partial charge in [-0.25, -0.2) is 0 Å². The molecule has 3 nitrogen and oxygen atoms in total. The highest BCUT2D eigenvalue weighted by atomic mass is 35.5. The molecule has 5 heteroatoms. The zero-order valence-electron chi connectivity index (χ0n) is 8.67. The summed E-state index contributed by atoms with van der Waals surface area (Å²) in [6.07, 6.45) is 0.541. The van der Waals surface area contributed by atoms with E-state index in [1.54, 1.807) is 12.1 Å². The lowest BCUT2D eigenvalue weighted by Gasteiger charge is -2.10. The van der Waals surface area contributed by atoms with E-state index < -0.39 is 11.5 Å². The molecule has 1 aliphatic rings. The highest BCUT2D eigenvalue weighted by Gasteiger charge is 2.59. The van der Waals surface area contributed by atoms with Gasteiger partial charge in [-0.05, 0) is 18.1 Å². The molecule has 16 heavy (non-hydrogen) atoms. The van der Waals surface area contributed by atoms with Crippen LogP contribution in [0.2, 0.25) is 10.0 Å². The summed E-state index contributed by atoms with van der Waals surface area (Å²) in [5, 5.41) is 0.934. The zero-order chi connectivity index (χ0) is 11.9. The second-order valence-corrected chi connectivity index (χ2v) is 4.72. The monoisotopic (exact) mass is 259 g/mol. The minimum Gasteiger partial charge on any atom is -0.468 e. The Kier molecular flexibility index (Phi) is 2.86. The Morgan fingerprint density at radius 2 is 2.25 bits per heavy atom. The molecule has 2 atom stereocenters. The van der Waals surface area contributed by atoms with Crippen LogP contribution in [0.5, 0.6) is 0 Å². The Bertz CT molecular complexity index is 450. The van der Waals surface area contributed by atoms with Gasteiger partial charge in [-0.1, -0.05) is 35.3 Å². The highest BCUT2D eigenvalue weighted by molar-refractivity contribution is 6.42. The fraction of sp³-hybridized carbons (Fsp3) is 0.364. The number of hydrogen-bond donors (Lipinski definition) is 1. The molecule has 0 heterocycles. The summed E-state index contributed by atoms with van der Waals surface area (Å²) in [5.41, 5.74) is 5.79. The van der Waals surface area contributed by atoms with Crippen LogP contribution < -0.4 is 5.73 Å². The SMILES string of the molecule is COC(=O)[C@@]1(N)C[C@H]1c1cccc(Cl)c1Cl. The van der Waals surface area contributed by atoms with Crippen molar-refractivity contribution in [3.05, 3.63) is 33.8 Å². The topological polar surface area (TPSA) is 52.3 Å². The van der Waals surface area contributed by atoms with Gasteiger partial charge in [-0.2, -0.15) is 0 Å². The van der Waals surface area contributed by atoms with Crippen LogP contribution >= 0.6 is 23.2 Å². The number of esters is 1. The molecule has 1 saturated carbocycles. The van der Waals surface area contributed by atoms with Crippen molar-refractivity contribution in [2.24, 2.45) is 5.73 Å². The molecule has 0 aliphatic heterocycles. The minimum absolute atomic E-state index is 0.105. The Morgan fingerprint density at radius 3 is 2.88 bits per heavy atom. The van der Waals surface area contributed by atoms with Crippen LogP contribution in [0.1, 0.15) is 17.9 Å². The fourth-order valence-corrected chi connectivity index (χ4v) is 2.31. The van der Waals surface area contributed by atoms with Crippen LogP contribution in [0, 0.1) is 0 Å². The van der Waals surface area contributed by atoms with Crippen molar-refractivity contribution >= 4 is 29.2 Å². The molecule has 1 fully saturated rings. The first-order valence-electron chi connectivity index (χ1n) is 4.82. The van der Waals surface area contributed by atoms with Gasteiger partial charge in [0.25, 0.3) is 0 Å². The predicted molar refractivity (Wildman–Crippen MR) is 62.8 cm³/mol. The number of benzene rings is 1. The van der Waals surface area contributed by atoms with Crippen molar-refractivity contribution in [1.29, 1.82) is 0 Å². The Hall–Kier alpha value is -0.770. The molecule has 86 valence electrons. The Balaban J connectivity index is 2.30. The molecule has 2 rings (SSSR count). The van der Waals surface area contributed by atoms with Crippen LogP contribution in [0.3, 0.4) is 0 Å². The van der Waals surface area contributed by atoms with Gasteiger partial charge in [0.2, 0.25) is 0 Å². The van der Waals surface area contributed by atoms with Crippen molar-refractivity contribution in [2.45, 2.75) is 17.9 Å². The van der Waals surface area contributed by atoms with E-state index >= 15 is 0 Å². The number of nitrogens with two attached hydrogens (primary N) is 1. The lowest BCUT2D eigenvalue weighted by Crippen LogP contribution is -2.35. The fourth-order valence-electron chi connectivity index (χ4n) is 1.87. The van der Waals surface area contributed by atoms with Crippen LogP contribution in [-0.2, 0) is 9.53 Å². The molecule has 0 saturated heterocycles. The number of carbonyl (C=O) groups is 1. The highest BCUT2D eigenvalue weighted by Crippen LogP contribution is 2.52. The van der Waals surface area contributed by atoms with Gasteiger partial charge >= 0.3 is 5.97 Å². The average Bonchev–Trinajstić information content (AvgIpc) is 2.95. The first-order chi connectivity index (χ1) is 7.50. The summed E-state index contributed by atoms with van der Waals surface area (Å²) >= 11 is 12.0. The van der Waals surface area contributed by atoms with Gasteiger partial charge < -0.3 is 10.5 Å². The van der Waals surface area contributed by atoms with Crippen molar-refractivity contribution in [3.8, 4) is 0 Å². The molecular weight excluding hydrogens is 249 g/mol. The number of halogens is 2. The summed E-state index contributed by atoms with van der Waals surface area (Å²) in [6, 6.07) is 5.32. The molecule has 1 aliphatic carbocycles. The van der Waals surface area contributed by atoms with Crippen LogP contribution in [-0.4, -0.2) is 18.6 Å². The van der Waals surface area contributed by atoms with Crippen molar-refractivity contribution in [1.82, 2.24) is 0 Å². The van der Waals surface area contributed by atoms with Crippen LogP contribution in [0.25, 0.3) is 0 Å². The van der Waals surface area contributed by atoms with Crippen molar-refractivity contribution in [2.75, 3.05) is 7.11 Å². The first-order valence-corrected chi connectivity index (χ1v) is 5.57. The van der Waals surface area contributed by atoms with Gasteiger partial charge in [-0.15, -0.1) is 0 Å². The predicted octanol–water partition coefficient (Wildman–Crippen LogP) is 2.35. The van der Waals surface area contributed by atoms with E-state index in [1.165, 1.54) is 7.11 Å². The van der Waals surface area contributed by atoms with E-state index in [0.29, 0.717) is 16.5 Å². The number of hydrogen-bond acceptors (Lipinski definition) is 3. The van der Waals surface area contributed by atoms with Gasteiger partial charge in [-0.3, -0.25) is 4.79 Å². The second-order valence-electron chi connectivity index (χ2n) is 3.93. The van der Waals surface area contributed by atoms with Gasteiger partial charge in [0.05, 0.1) is 17.2 Å². The molecular formula is C11H11Cl2NO2. The maximum absolute atomic E-state index is 11.5. The number of carbonyl (C=O) groups excluding carboxylic acids is 1. The number of methoxy groups -OCH3 is 1. The molecule has 1 aromatic carbocycles. The molecule has 2 N–H and O–H groups in total. The molecule has 0 aromatic heterocycles. The quantitative estimate of drug-likeness (QED) is 0.830. The average molecular weight is 260 g/mol. The van der Waals surface area contributed by atoms with Crippen molar-refractivity contribution in [3.63, 3.8) is 0 Å². The third kappa shape index (κ3) is 1.69. The third-order valence-electron chi connectivity index (χ3n) is 2.93. The number of ether oxygens (including phenoxy) is 1. The van der Waals surface area contributed by atoms with Gasteiger partial charge in [0.15, 0.2) is 0 Å². The lowest BCUT2D eigenvalue weighted by molar-refractivity contribution is -0.143. The van der Waals surface area contributed by atoms with E-state index in [2.05, 4.69) is 4.74 Å². The summed E-state index contributed by atoms with van der Waals surface area (Å²) in [5.74, 6) is -0.514. The second kappa shape index (κ2) is 3.91. The van der Waals surface area contributed by atoms with Gasteiger partial charge in [0.1, 0.15) is 5.54 Å². The van der Waals surface area contributed by atoms with E-state index in [-0.39, 0.29) is 5.92 Å². The maximum atomic E-state index is 11.5. The van der Waals surface area contributed by atoms with Crippen molar-refractivity contribution < 1.29 is 9.53 Å². The third-order valence-corrected chi connectivity index (χ3v) is 3.76. The van der Waals surface area contributed by atoms with Crippen LogP contribution in [0.4, 0.5) is 0 Å². The Morgan fingerprint density at radius 1 is 1.56 bits per heavy atom. The molecule has 0 spiro atoms. The Labute approximate surface area is 103 Å². The van der Waals surface area contributed by atoms with Crippen LogP contribution in [0.15, 0.2) is 18.2 Å². The van der Waals surface area contributed by atoms with Gasteiger partial charge in [0, 0.05) is 5.92 Å². The van der Waals surface area contributed by atoms with E-state index in [0.717, 1.165) is 5.56 Å². The molecule has 0 amide bonds. The zero-order valence-corrected chi connectivity index (χ0v) is 10.2. The summed E-state index contributed by atoms with van der Waals surface area (Å²) in [4.78, 5) is 11.5. The van der Waals surface area contributed by atoms with E-state index in [9.17, 15) is 4.79 Å². The summed E-state index contributed by atoms with van der Waals surface area (Å²) < 4.78 is 4.66. The standard InChI is InChI=1S/C11H11Cl2NO2/c1-16-10(15)11(14)5-7(11)6-3-2-4-8(12)9(6)13/h2-4,7H,5,14H2,1H3/t7-,11+/m0/s1. The van der Waals surface area contributed by atoms with E-state index in [1.807, 2.05) is 6.07 Å². The van der Waals surface area contributed by atoms with E-state index in [4.69, 9.17) is 28.9 Å². The lowest BCUT2D eigenvalue weighted by atomic mass is 10.1. The normalized spacial score (nSPS) is 27.6. The minimum atomic E-state index is -0.941. The first kappa shape index (κ1) is 11.7. The molecule has 0 radical (unpaired) electrons. The summed E-state index contributed by atoms with van der Waals surface area (Å²) in [6.45, 7) is 0. The maximum Gasteiger partial charge on any atom is 0.326 e. The number of rotatable bonds is 2. The molecule has 0 unspecified atom stereocenters. The summed E-state index contributed by atoms with van der Waals surface area (Å²) in [7, 11) is 1.33. The molecule has 0 bridgehead atoms.